The third-order valence-electron chi connectivity index (χ3n) is 7.29. The summed E-state index contributed by atoms with van der Waals surface area (Å²) in [7, 11) is 0. The summed E-state index contributed by atoms with van der Waals surface area (Å²) in [6, 6.07) is 5.44. The highest BCUT2D eigenvalue weighted by Gasteiger charge is 2.34. The number of halogens is 3. The van der Waals surface area contributed by atoms with Gasteiger partial charge >= 0.3 is 0 Å². The van der Waals surface area contributed by atoms with Crippen molar-refractivity contribution in [2.75, 3.05) is 11.9 Å². The third-order valence-corrected chi connectivity index (χ3v) is 7.29. The minimum atomic E-state index is -1.04. The topological polar surface area (TPSA) is 110 Å². The lowest BCUT2D eigenvalue weighted by Crippen LogP contribution is -2.44. The van der Waals surface area contributed by atoms with E-state index in [0.717, 1.165) is 42.7 Å². The molecule has 0 radical (unpaired) electrons. The Kier molecular flexibility index (Phi) is 7.36. The van der Waals surface area contributed by atoms with Crippen molar-refractivity contribution >= 4 is 11.6 Å². The molecule has 0 unspecified atom stereocenters. The van der Waals surface area contributed by atoms with Crippen molar-refractivity contribution < 1.29 is 27.8 Å². The number of pyridine rings is 2. The summed E-state index contributed by atoms with van der Waals surface area (Å²) in [6.07, 6.45) is 5.71. The summed E-state index contributed by atoms with van der Waals surface area (Å²) in [4.78, 5) is 21.2. The van der Waals surface area contributed by atoms with E-state index in [0.29, 0.717) is 31.1 Å². The molecule has 2 heterocycles. The average Bonchev–Trinajstić information content (AvgIpc) is 3.71. The summed E-state index contributed by atoms with van der Waals surface area (Å²) < 4.78 is 49.9. The Bertz CT molecular complexity index is 1320. The van der Waals surface area contributed by atoms with Crippen LogP contribution in [0, 0.1) is 29.3 Å². The second-order valence-electron chi connectivity index (χ2n) is 10.3. The van der Waals surface area contributed by atoms with Gasteiger partial charge in [0.2, 0.25) is 0 Å². The van der Waals surface area contributed by atoms with Crippen LogP contribution in [0.4, 0.5) is 18.9 Å². The van der Waals surface area contributed by atoms with E-state index in [1.165, 1.54) is 6.20 Å². The number of hydrogen-bond donors (Lipinski definition) is 3. The number of nitrogens with two attached hydrogens (primary N) is 1. The van der Waals surface area contributed by atoms with E-state index in [4.69, 9.17) is 10.5 Å². The molecule has 1 aromatic carbocycles. The van der Waals surface area contributed by atoms with E-state index in [2.05, 4.69) is 15.3 Å². The molecule has 2 fully saturated rings. The molecule has 0 saturated heterocycles. The van der Waals surface area contributed by atoms with Gasteiger partial charge in [0.15, 0.2) is 0 Å². The van der Waals surface area contributed by atoms with Crippen molar-refractivity contribution in [1.29, 1.82) is 0 Å². The predicted molar refractivity (Wildman–Crippen MR) is 135 cm³/mol. The fourth-order valence-corrected chi connectivity index (χ4v) is 4.98. The first-order valence-corrected chi connectivity index (χ1v) is 12.7. The quantitative estimate of drug-likeness (QED) is 0.408. The zero-order valence-corrected chi connectivity index (χ0v) is 20.8. The highest BCUT2D eigenvalue weighted by Crippen LogP contribution is 2.39. The van der Waals surface area contributed by atoms with Gasteiger partial charge in [-0.2, -0.15) is 0 Å². The number of carbonyl (C=O) groups is 1. The van der Waals surface area contributed by atoms with Gasteiger partial charge in [-0.05, 0) is 67.2 Å². The molecule has 2 aliphatic carbocycles. The molecular formula is C28H29F3N4O3. The molecule has 38 heavy (non-hydrogen) atoms. The van der Waals surface area contributed by atoms with Crippen molar-refractivity contribution in [3.63, 3.8) is 0 Å². The molecule has 4 atom stereocenters. The number of benzene rings is 1. The maximum atomic E-state index is 14.9. The van der Waals surface area contributed by atoms with Gasteiger partial charge in [0, 0.05) is 24.4 Å². The van der Waals surface area contributed by atoms with E-state index in [9.17, 15) is 23.1 Å². The molecule has 0 spiro atoms. The van der Waals surface area contributed by atoms with E-state index in [1.807, 2.05) is 6.92 Å². The number of nitrogens with one attached hydrogen (secondary N) is 1. The van der Waals surface area contributed by atoms with Crippen molar-refractivity contribution in [2.24, 2.45) is 17.6 Å². The van der Waals surface area contributed by atoms with Crippen LogP contribution >= 0.6 is 0 Å². The summed E-state index contributed by atoms with van der Waals surface area (Å²) >= 11 is 0. The van der Waals surface area contributed by atoms with Gasteiger partial charge in [-0.25, -0.2) is 18.2 Å². The number of amides is 1. The van der Waals surface area contributed by atoms with Gasteiger partial charge in [-0.1, -0.05) is 6.92 Å². The van der Waals surface area contributed by atoms with Crippen LogP contribution in [0.25, 0.3) is 11.3 Å². The standard InChI is InChI=1S/C28H29F3N4O3/c1-14-8-16(9-22(32)27(14)36)18-6-7-33-12-24(18)35-28(37)23-5-4-19(29)26(34-23)25-20(30)10-17(11-21(25)31)38-13-15-2-3-15/h4-7,10-12,14-16,22,27,36H,2-3,8-9,13,32H2,1H3,(H,35,37)/t14-,16+,22+,27+/m0/s1. The zero-order chi connectivity index (χ0) is 27.0. The molecule has 3 aromatic rings. The molecule has 2 saturated carbocycles. The SMILES string of the molecule is C[C@H]1C[C@@H](c2ccncc2NC(=O)c2ccc(F)c(-c3c(F)cc(OCC4CC4)cc3F)n2)C[C@@H](N)[C@@H]1O. The minimum Gasteiger partial charge on any atom is -0.493 e. The van der Waals surface area contributed by atoms with Crippen LogP contribution in [-0.4, -0.2) is 39.7 Å². The van der Waals surface area contributed by atoms with Gasteiger partial charge in [0.25, 0.3) is 5.91 Å². The largest absolute Gasteiger partial charge is 0.493 e. The fraction of sp³-hybridized carbons (Fsp3) is 0.393. The Balaban J connectivity index is 1.39. The number of nitrogens with zero attached hydrogens (tertiary/aromatic N) is 2. The molecule has 4 N–H and O–H groups in total. The summed E-state index contributed by atoms with van der Waals surface area (Å²) in [5, 5.41) is 13.0. The Hall–Kier alpha value is -3.50. The average molecular weight is 527 g/mol. The lowest BCUT2D eigenvalue weighted by molar-refractivity contribution is 0.0521. The van der Waals surface area contributed by atoms with Crippen LogP contribution in [0.5, 0.6) is 5.75 Å². The van der Waals surface area contributed by atoms with Gasteiger partial charge in [0.1, 0.15) is 34.6 Å². The maximum absolute atomic E-state index is 14.9. The van der Waals surface area contributed by atoms with E-state index >= 15 is 0 Å². The molecule has 200 valence electrons. The van der Waals surface area contributed by atoms with Crippen molar-refractivity contribution in [1.82, 2.24) is 9.97 Å². The number of anilines is 1. The van der Waals surface area contributed by atoms with Crippen LogP contribution in [0.2, 0.25) is 0 Å². The van der Waals surface area contributed by atoms with Crippen LogP contribution in [0.1, 0.15) is 54.6 Å². The highest BCUT2D eigenvalue weighted by atomic mass is 19.1. The van der Waals surface area contributed by atoms with Crippen LogP contribution in [0.3, 0.4) is 0 Å². The molecule has 7 nitrogen and oxygen atoms in total. The van der Waals surface area contributed by atoms with Crippen molar-refractivity contribution in [3.05, 3.63) is 71.4 Å². The van der Waals surface area contributed by atoms with Crippen molar-refractivity contribution in [2.45, 2.75) is 50.7 Å². The highest BCUT2D eigenvalue weighted by molar-refractivity contribution is 6.03. The van der Waals surface area contributed by atoms with E-state index in [1.54, 1.807) is 12.3 Å². The number of aromatic nitrogens is 2. The molecule has 2 aromatic heterocycles. The van der Waals surface area contributed by atoms with E-state index in [-0.39, 0.29) is 23.3 Å². The number of aliphatic hydroxyl groups is 1. The Morgan fingerprint density at radius 2 is 1.87 bits per heavy atom. The van der Waals surface area contributed by atoms with Gasteiger partial charge in [0.05, 0.1) is 30.2 Å². The lowest BCUT2D eigenvalue weighted by Gasteiger charge is -2.36. The van der Waals surface area contributed by atoms with Gasteiger partial charge in [-0.15, -0.1) is 0 Å². The molecule has 2 aliphatic rings. The molecule has 0 bridgehead atoms. The van der Waals surface area contributed by atoms with Gasteiger partial charge in [-0.3, -0.25) is 9.78 Å². The van der Waals surface area contributed by atoms with Crippen LogP contribution in [0.15, 0.2) is 42.7 Å². The second kappa shape index (κ2) is 10.7. The summed E-state index contributed by atoms with van der Waals surface area (Å²) in [6.45, 7) is 2.28. The Labute approximate surface area is 218 Å². The zero-order valence-electron chi connectivity index (χ0n) is 20.8. The fourth-order valence-electron chi connectivity index (χ4n) is 4.98. The summed E-state index contributed by atoms with van der Waals surface area (Å²) in [5.74, 6) is -3.41. The first-order chi connectivity index (χ1) is 18.2. The van der Waals surface area contributed by atoms with Crippen molar-refractivity contribution in [3.8, 4) is 17.0 Å². The lowest BCUT2D eigenvalue weighted by atomic mass is 9.74. The first kappa shape index (κ1) is 26.1. The molecule has 0 aliphatic heterocycles. The maximum Gasteiger partial charge on any atom is 0.274 e. The summed E-state index contributed by atoms with van der Waals surface area (Å²) in [5.41, 5.74) is 5.81. The first-order valence-electron chi connectivity index (χ1n) is 12.7. The number of aliphatic hydroxyl groups excluding tert-OH is 1. The third kappa shape index (κ3) is 5.51. The van der Waals surface area contributed by atoms with E-state index < -0.39 is 46.8 Å². The minimum absolute atomic E-state index is 0.0123. The number of rotatable bonds is 7. The van der Waals surface area contributed by atoms with Crippen LogP contribution < -0.4 is 15.8 Å². The van der Waals surface area contributed by atoms with Crippen LogP contribution in [-0.2, 0) is 0 Å². The number of hydrogen-bond acceptors (Lipinski definition) is 6. The Morgan fingerprint density at radius 1 is 1.13 bits per heavy atom. The molecule has 10 heteroatoms. The van der Waals surface area contributed by atoms with Gasteiger partial charge < -0.3 is 20.9 Å². The smallest absolute Gasteiger partial charge is 0.274 e. The Morgan fingerprint density at radius 3 is 2.55 bits per heavy atom. The number of carbonyl (C=O) groups excluding carboxylic acids is 1. The monoisotopic (exact) mass is 526 g/mol. The molecule has 1 amide bonds. The molecule has 5 rings (SSSR count). The molecular weight excluding hydrogens is 497 g/mol. The predicted octanol–water partition coefficient (Wildman–Crippen LogP) is 4.80. The second-order valence-corrected chi connectivity index (χ2v) is 10.3. The normalized spacial score (nSPS) is 23.2. The number of ether oxygens (including phenoxy) is 1.